The van der Waals surface area contributed by atoms with Crippen molar-refractivity contribution in [3.05, 3.63) is 72.1 Å². The molecule has 0 unspecified atom stereocenters. The summed E-state index contributed by atoms with van der Waals surface area (Å²) in [4.78, 5) is 16.9. The standard InChI is InChI=1S/C19H19N3O2S/c1-25-13-12-16(20-18(23)15-10-6-3-7-11-15)19-21-17(22-24-19)14-8-4-2-5-9-14/h2-11,16H,12-13H2,1H3,(H,20,23)/t16-/m0/s1. The van der Waals surface area contributed by atoms with Crippen molar-refractivity contribution in [2.75, 3.05) is 12.0 Å². The first-order valence-electron chi connectivity index (χ1n) is 8.02. The lowest BCUT2D eigenvalue weighted by molar-refractivity contribution is 0.0927. The molecule has 1 N–H and O–H groups in total. The van der Waals surface area contributed by atoms with Gasteiger partial charge in [0.2, 0.25) is 11.7 Å². The van der Waals surface area contributed by atoms with Crippen LogP contribution in [-0.2, 0) is 0 Å². The first-order chi connectivity index (χ1) is 12.3. The molecule has 0 aliphatic rings. The van der Waals surface area contributed by atoms with E-state index in [1.54, 1.807) is 23.9 Å². The lowest BCUT2D eigenvalue weighted by atomic mass is 10.1. The summed E-state index contributed by atoms with van der Waals surface area (Å²) >= 11 is 1.71. The number of aromatic nitrogens is 2. The Morgan fingerprint density at radius 1 is 1.12 bits per heavy atom. The van der Waals surface area contributed by atoms with Crippen LogP contribution >= 0.6 is 11.8 Å². The van der Waals surface area contributed by atoms with E-state index in [0.29, 0.717) is 17.3 Å². The molecule has 6 heteroatoms. The molecule has 5 nitrogen and oxygen atoms in total. The maximum Gasteiger partial charge on any atom is 0.251 e. The van der Waals surface area contributed by atoms with Gasteiger partial charge in [0.1, 0.15) is 6.04 Å². The third-order valence-electron chi connectivity index (χ3n) is 3.72. The van der Waals surface area contributed by atoms with Crippen LogP contribution in [0.4, 0.5) is 0 Å². The van der Waals surface area contributed by atoms with Gasteiger partial charge in [0, 0.05) is 11.1 Å². The molecule has 0 radical (unpaired) electrons. The quantitative estimate of drug-likeness (QED) is 0.696. The molecule has 0 saturated carbocycles. The fraction of sp³-hybridized carbons (Fsp3) is 0.211. The highest BCUT2D eigenvalue weighted by molar-refractivity contribution is 7.98. The highest BCUT2D eigenvalue weighted by Gasteiger charge is 2.22. The van der Waals surface area contributed by atoms with Crippen LogP contribution in [0.15, 0.2) is 65.2 Å². The monoisotopic (exact) mass is 353 g/mol. The minimum atomic E-state index is -0.315. The molecule has 0 fully saturated rings. The number of thioether (sulfide) groups is 1. The Labute approximate surface area is 150 Å². The molecular weight excluding hydrogens is 334 g/mol. The summed E-state index contributed by atoms with van der Waals surface area (Å²) in [6.45, 7) is 0. The Balaban J connectivity index is 1.79. The molecule has 0 saturated heterocycles. The Morgan fingerprint density at radius 2 is 1.80 bits per heavy atom. The number of nitrogens with zero attached hydrogens (tertiary/aromatic N) is 2. The van der Waals surface area contributed by atoms with Gasteiger partial charge in [0.05, 0.1) is 0 Å². The van der Waals surface area contributed by atoms with Crippen LogP contribution in [0.5, 0.6) is 0 Å². The van der Waals surface area contributed by atoms with Crippen molar-refractivity contribution < 1.29 is 9.32 Å². The first-order valence-corrected chi connectivity index (χ1v) is 9.41. The van der Waals surface area contributed by atoms with Crippen molar-refractivity contribution in [1.29, 1.82) is 0 Å². The third kappa shape index (κ3) is 4.48. The van der Waals surface area contributed by atoms with Crippen molar-refractivity contribution in [2.45, 2.75) is 12.5 Å². The van der Waals surface area contributed by atoms with E-state index in [9.17, 15) is 4.79 Å². The predicted octanol–water partition coefficient (Wildman–Crippen LogP) is 3.96. The average Bonchev–Trinajstić information content (AvgIpc) is 3.16. The molecule has 0 aliphatic heterocycles. The van der Waals surface area contributed by atoms with Crippen LogP contribution in [0.2, 0.25) is 0 Å². The second-order valence-electron chi connectivity index (χ2n) is 5.50. The van der Waals surface area contributed by atoms with E-state index in [2.05, 4.69) is 15.5 Å². The van der Waals surface area contributed by atoms with Crippen molar-refractivity contribution in [3.63, 3.8) is 0 Å². The van der Waals surface area contributed by atoms with E-state index < -0.39 is 0 Å². The fourth-order valence-electron chi connectivity index (χ4n) is 2.41. The maximum absolute atomic E-state index is 12.5. The highest BCUT2D eigenvalue weighted by atomic mass is 32.2. The summed E-state index contributed by atoms with van der Waals surface area (Å²) in [5, 5.41) is 7.05. The molecule has 1 aromatic heterocycles. The number of hydrogen-bond donors (Lipinski definition) is 1. The smallest absolute Gasteiger partial charge is 0.251 e. The number of amides is 1. The summed E-state index contributed by atoms with van der Waals surface area (Å²) in [7, 11) is 0. The molecule has 25 heavy (non-hydrogen) atoms. The number of hydrogen-bond acceptors (Lipinski definition) is 5. The molecule has 3 rings (SSSR count). The highest BCUT2D eigenvalue weighted by Crippen LogP contribution is 2.22. The van der Waals surface area contributed by atoms with E-state index in [4.69, 9.17) is 4.52 Å². The van der Waals surface area contributed by atoms with E-state index in [1.165, 1.54) is 0 Å². The normalized spacial score (nSPS) is 11.9. The first kappa shape index (κ1) is 17.2. The summed E-state index contributed by atoms with van der Waals surface area (Å²) in [5.74, 6) is 1.69. The molecule has 0 spiro atoms. The molecule has 3 aromatic rings. The van der Waals surface area contributed by atoms with Gasteiger partial charge in [0.25, 0.3) is 5.91 Å². The Bertz CT molecular complexity index is 806. The molecule has 2 aromatic carbocycles. The lowest BCUT2D eigenvalue weighted by Gasteiger charge is -2.14. The van der Waals surface area contributed by atoms with Crippen LogP contribution in [0.25, 0.3) is 11.4 Å². The van der Waals surface area contributed by atoms with Gasteiger partial charge in [-0.15, -0.1) is 0 Å². The second-order valence-corrected chi connectivity index (χ2v) is 6.48. The largest absolute Gasteiger partial charge is 0.340 e. The lowest BCUT2D eigenvalue weighted by Crippen LogP contribution is -2.29. The number of carbonyl (C=O) groups is 1. The zero-order valence-electron chi connectivity index (χ0n) is 13.9. The minimum Gasteiger partial charge on any atom is -0.340 e. The number of benzene rings is 2. The van der Waals surface area contributed by atoms with E-state index in [-0.39, 0.29) is 11.9 Å². The molecule has 1 heterocycles. The summed E-state index contributed by atoms with van der Waals surface area (Å²) < 4.78 is 5.43. The third-order valence-corrected chi connectivity index (χ3v) is 4.37. The Hall–Kier alpha value is -2.60. The van der Waals surface area contributed by atoms with Gasteiger partial charge in [-0.25, -0.2) is 0 Å². The summed E-state index contributed by atoms with van der Waals surface area (Å²) in [6.07, 6.45) is 2.75. The summed E-state index contributed by atoms with van der Waals surface area (Å²) in [5.41, 5.74) is 1.50. The second kappa shape index (κ2) is 8.48. The van der Waals surface area contributed by atoms with Crippen LogP contribution < -0.4 is 5.32 Å². The van der Waals surface area contributed by atoms with E-state index in [1.807, 2.05) is 54.8 Å². The average molecular weight is 353 g/mol. The molecule has 1 amide bonds. The van der Waals surface area contributed by atoms with Gasteiger partial charge in [-0.1, -0.05) is 53.7 Å². The van der Waals surface area contributed by atoms with Crippen LogP contribution in [0.1, 0.15) is 28.7 Å². The van der Waals surface area contributed by atoms with Crippen LogP contribution in [0.3, 0.4) is 0 Å². The van der Waals surface area contributed by atoms with Gasteiger partial charge in [0.15, 0.2) is 0 Å². The molecular formula is C19H19N3O2S. The minimum absolute atomic E-state index is 0.147. The van der Waals surface area contributed by atoms with Crippen LogP contribution in [-0.4, -0.2) is 28.1 Å². The van der Waals surface area contributed by atoms with Gasteiger partial charge in [-0.05, 0) is 30.6 Å². The van der Waals surface area contributed by atoms with E-state index in [0.717, 1.165) is 17.7 Å². The van der Waals surface area contributed by atoms with Crippen LogP contribution in [0, 0.1) is 0 Å². The van der Waals surface area contributed by atoms with Gasteiger partial charge in [-0.3, -0.25) is 4.79 Å². The zero-order valence-corrected chi connectivity index (χ0v) is 14.7. The molecule has 0 aliphatic carbocycles. The van der Waals surface area contributed by atoms with Crippen molar-refractivity contribution >= 4 is 17.7 Å². The maximum atomic E-state index is 12.5. The molecule has 1 atom stereocenters. The SMILES string of the molecule is CSCC[C@H](NC(=O)c1ccccc1)c1nc(-c2ccccc2)no1. The molecule has 128 valence electrons. The topological polar surface area (TPSA) is 68.0 Å². The Kier molecular flexibility index (Phi) is 5.85. The number of rotatable bonds is 7. The number of carbonyl (C=O) groups excluding carboxylic acids is 1. The van der Waals surface area contributed by atoms with Crippen molar-refractivity contribution in [2.24, 2.45) is 0 Å². The van der Waals surface area contributed by atoms with Crippen molar-refractivity contribution in [3.8, 4) is 11.4 Å². The van der Waals surface area contributed by atoms with Gasteiger partial charge >= 0.3 is 0 Å². The van der Waals surface area contributed by atoms with Gasteiger partial charge < -0.3 is 9.84 Å². The van der Waals surface area contributed by atoms with Crippen molar-refractivity contribution in [1.82, 2.24) is 15.5 Å². The Morgan fingerprint density at radius 3 is 2.48 bits per heavy atom. The van der Waals surface area contributed by atoms with E-state index >= 15 is 0 Å². The zero-order chi connectivity index (χ0) is 17.5. The number of nitrogens with one attached hydrogen (secondary N) is 1. The van der Waals surface area contributed by atoms with Gasteiger partial charge in [-0.2, -0.15) is 16.7 Å². The fourth-order valence-corrected chi connectivity index (χ4v) is 2.88. The predicted molar refractivity (Wildman–Crippen MR) is 99.4 cm³/mol. The molecule has 0 bridgehead atoms. The summed E-state index contributed by atoms with van der Waals surface area (Å²) in [6, 6.07) is 18.4.